The van der Waals surface area contributed by atoms with Crippen LogP contribution in [0.5, 0.6) is 0 Å². The number of amides is 1. The Morgan fingerprint density at radius 1 is 1.36 bits per heavy atom. The highest BCUT2D eigenvalue weighted by atomic mass is 35.5. The van der Waals surface area contributed by atoms with Crippen molar-refractivity contribution in [3.05, 3.63) is 46.5 Å². The maximum atomic E-state index is 12.5. The van der Waals surface area contributed by atoms with Crippen LogP contribution < -0.4 is 0 Å². The van der Waals surface area contributed by atoms with Gasteiger partial charge in [0.15, 0.2) is 0 Å². The number of carbonyl (C=O) groups is 1. The highest BCUT2D eigenvalue weighted by molar-refractivity contribution is 6.42. The van der Waals surface area contributed by atoms with Gasteiger partial charge in [-0.05, 0) is 57.7 Å². The Balaban J connectivity index is 1.85. The van der Waals surface area contributed by atoms with Crippen molar-refractivity contribution in [3.63, 3.8) is 0 Å². The van der Waals surface area contributed by atoms with E-state index in [9.17, 15) is 4.79 Å². The molecule has 0 N–H and O–H groups in total. The number of carbonyl (C=O) groups excluding carboxylic acids is 1. The summed E-state index contributed by atoms with van der Waals surface area (Å²) in [5.74, 6) is 0. The maximum Gasteiger partial charge on any atom is 0.410 e. The molecule has 3 rings (SSSR count). The average Bonchev–Trinajstić information content (AvgIpc) is 3.17. The molecule has 5 heteroatoms. The number of piperidine rings is 1. The number of hydrogen-bond donors (Lipinski definition) is 0. The summed E-state index contributed by atoms with van der Waals surface area (Å²) in [6.07, 6.45) is 4.52. The van der Waals surface area contributed by atoms with Crippen LogP contribution in [0.3, 0.4) is 0 Å². The van der Waals surface area contributed by atoms with Gasteiger partial charge in [0.2, 0.25) is 0 Å². The van der Waals surface area contributed by atoms with E-state index in [-0.39, 0.29) is 16.9 Å². The molecule has 136 valence electrons. The Morgan fingerprint density at radius 3 is 2.68 bits per heavy atom. The second kappa shape index (κ2) is 6.21. The summed E-state index contributed by atoms with van der Waals surface area (Å²) < 4.78 is 5.56. The molecule has 1 saturated carbocycles. The zero-order valence-corrected chi connectivity index (χ0v) is 16.6. The molecule has 0 spiro atoms. The molecule has 1 aromatic rings. The van der Waals surface area contributed by atoms with E-state index in [4.69, 9.17) is 27.9 Å². The average molecular weight is 382 g/mol. The van der Waals surface area contributed by atoms with Crippen LogP contribution in [0.4, 0.5) is 4.79 Å². The molecule has 1 saturated heterocycles. The summed E-state index contributed by atoms with van der Waals surface area (Å²) in [5.41, 5.74) is 0.798. The Kier molecular flexibility index (Phi) is 4.62. The fraction of sp³-hybridized carbons (Fsp3) is 0.550. The largest absolute Gasteiger partial charge is 0.444 e. The molecular formula is C20H25Cl2NO2. The van der Waals surface area contributed by atoms with E-state index in [1.807, 2.05) is 43.9 Å². The molecule has 1 aliphatic heterocycles. The highest BCUT2D eigenvalue weighted by Crippen LogP contribution is 2.70. The highest BCUT2D eigenvalue weighted by Gasteiger charge is 2.69. The minimum atomic E-state index is -0.482. The zero-order chi connectivity index (χ0) is 18.5. The number of fused-ring (bicyclic) bond motifs is 1. The second-order valence-corrected chi connectivity index (χ2v) is 9.13. The van der Waals surface area contributed by atoms with Gasteiger partial charge in [0.05, 0.1) is 10.0 Å². The molecule has 25 heavy (non-hydrogen) atoms. The summed E-state index contributed by atoms with van der Waals surface area (Å²) in [5, 5.41) is 1.16. The summed E-state index contributed by atoms with van der Waals surface area (Å²) in [6.45, 7) is 11.0. The van der Waals surface area contributed by atoms with Crippen molar-refractivity contribution in [1.82, 2.24) is 4.90 Å². The molecule has 0 aromatic heterocycles. The monoisotopic (exact) mass is 381 g/mol. The van der Waals surface area contributed by atoms with Gasteiger partial charge in [-0.25, -0.2) is 4.79 Å². The maximum absolute atomic E-state index is 12.5. The lowest BCUT2D eigenvalue weighted by Gasteiger charge is -2.38. The SMILES string of the molecule is C=CCC12CN(C(=O)OC(C)(C)C)CCC1(c1ccc(Cl)c(Cl)c1)C2. The number of benzene rings is 1. The predicted octanol–water partition coefficient (Wildman–Crippen LogP) is 5.84. The van der Waals surface area contributed by atoms with Crippen LogP contribution in [0, 0.1) is 5.41 Å². The Labute approximate surface area is 159 Å². The molecule has 2 unspecified atom stereocenters. The molecule has 2 atom stereocenters. The first kappa shape index (κ1) is 18.6. The third kappa shape index (κ3) is 3.29. The van der Waals surface area contributed by atoms with E-state index >= 15 is 0 Å². The summed E-state index contributed by atoms with van der Waals surface area (Å²) >= 11 is 12.3. The zero-order valence-electron chi connectivity index (χ0n) is 15.1. The van der Waals surface area contributed by atoms with E-state index in [0.717, 1.165) is 19.3 Å². The standard InChI is InChI=1S/C20H25Cl2NO2/c1-5-8-19-12-20(19,14-6-7-15(21)16(22)11-14)9-10-23(13-19)17(24)25-18(2,3)4/h5-7,11H,1,8-10,12-13H2,2-4H3. The number of hydrogen-bond acceptors (Lipinski definition) is 2. The third-order valence-electron chi connectivity index (χ3n) is 5.49. The molecule has 0 bridgehead atoms. The predicted molar refractivity (Wildman–Crippen MR) is 102 cm³/mol. The van der Waals surface area contributed by atoms with Gasteiger partial charge in [0.25, 0.3) is 0 Å². The van der Waals surface area contributed by atoms with Gasteiger partial charge in [0.1, 0.15) is 5.60 Å². The molecular weight excluding hydrogens is 357 g/mol. The van der Waals surface area contributed by atoms with Crippen LogP contribution in [0.2, 0.25) is 10.0 Å². The van der Waals surface area contributed by atoms with Crippen LogP contribution >= 0.6 is 23.2 Å². The third-order valence-corrected chi connectivity index (χ3v) is 6.23. The molecule has 3 nitrogen and oxygen atoms in total. The van der Waals surface area contributed by atoms with E-state index in [1.54, 1.807) is 0 Å². The van der Waals surface area contributed by atoms with E-state index in [2.05, 4.69) is 12.6 Å². The number of allylic oxidation sites excluding steroid dienone is 1. The van der Waals surface area contributed by atoms with Gasteiger partial charge in [-0.2, -0.15) is 0 Å². The van der Waals surface area contributed by atoms with E-state index < -0.39 is 5.60 Å². The molecule has 2 aliphatic rings. The van der Waals surface area contributed by atoms with Gasteiger partial charge in [-0.15, -0.1) is 6.58 Å². The Morgan fingerprint density at radius 2 is 2.08 bits per heavy atom. The lowest BCUT2D eigenvalue weighted by atomic mass is 9.79. The van der Waals surface area contributed by atoms with Crippen LogP contribution in [0.25, 0.3) is 0 Å². The Bertz CT molecular complexity index is 712. The van der Waals surface area contributed by atoms with Gasteiger partial charge in [-0.3, -0.25) is 0 Å². The number of nitrogens with zero attached hydrogens (tertiary/aromatic N) is 1. The topological polar surface area (TPSA) is 29.5 Å². The summed E-state index contributed by atoms with van der Waals surface area (Å²) in [4.78, 5) is 14.3. The van der Waals surface area contributed by atoms with Crippen molar-refractivity contribution < 1.29 is 9.53 Å². The van der Waals surface area contributed by atoms with Gasteiger partial charge >= 0.3 is 6.09 Å². The van der Waals surface area contributed by atoms with E-state index in [0.29, 0.717) is 23.1 Å². The Hall–Kier alpha value is -1.19. The minimum absolute atomic E-state index is 0.0149. The van der Waals surface area contributed by atoms with Gasteiger partial charge in [-0.1, -0.05) is 35.3 Å². The molecule has 2 fully saturated rings. The van der Waals surface area contributed by atoms with Crippen molar-refractivity contribution in [1.29, 1.82) is 0 Å². The van der Waals surface area contributed by atoms with Crippen LogP contribution in [-0.2, 0) is 10.2 Å². The molecule has 1 aromatic carbocycles. The number of halogens is 2. The molecule has 0 radical (unpaired) electrons. The normalized spacial score (nSPS) is 28.3. The second-order valence-electron chi connectivity index (χ2n) is 8.31. The first-order valence-electron chi connectivity index (χ1n) is 8.67. The number of likely N-dealkylation sites (tertiary alicyclic amines) is 1. The fourth-order valence-electron chi connectivity index (χ4n) is 4.30. The van der Waals surface area contributed by atoms with Crippen molar-refractivity contribution >= 4 is 29.3 Å². The van der Waals surface area contributed by atoms with Crippen molar-refractivity contribution in [2.45, 2.75) is 51.0 Å². The quantitative estimate of drug-likeness (QED) is 0.615. The smallest absolute Gasteiger partial charge is 0.410 e. The fourth-order valence-corrected chi connectivity index (χ4v) is 4.60. The van der Waals surface area contributed by atoms with Crippen LogP contribution in [-0.4, -0.2) is 29.7 Å². The molecule has 1 heterocycles. The first-order chi connectivity index (χ1) is 11.6. The lowest BCUT2D eigenvalue weighted by Crippen LogP contribution is -2.46. The number of rotatable bonds is 3. The summed E-state index contributed by atoms with van der Waals surface area (Å²) in [7, 11) is 0. The first-order valence-corrected chi connectivity index (χ1v) is 9.42. The van der Waals surface area contributed by atoms with Crippen molar-refractivity contribution in [2.75, 3.05) is 13.1 Å². The number of ether oxygens (including phenoxy) is 1. The van der Waals surface area contributed by atoms with Crippen LogP contribution in [0.1, 0.15) is 45.6 Å². The molecule has 1 aliphatic carbocycles. The van der Waals surface area contributed by atoms with Crippen molar-refractivity contribution in [2.24, 2.45) is 5.41 Å². The van der Waals surface area contributed by atoms with Gasteiger partial charge < -0.3 is 9.64 Å². The summed E-state index contributed by atoms with van der Waals surface area (Å²) in [6, 6.07) is 5.92. The van der Waals surface area contributed by atoms with Gasteiger partial charge in [0, 0.05) is 23.9 Å². The molecule has 1 amide bonds. The lowest BCUT2D eigenvalue weighted by molar-refractivity contribution is 0.0140. The van der Waals surface area contributed by atoms with Crippen LogP contribution in [0.15, 0.2) is 30.9 Å². The van der Waals surface area contributed by atoms with Crippen molar-refractivity contribution in [3.8, 4) is 0 Å². The minimum Gasteiger partial charge on any atom is -0.444 e. The van der Waals surface area contributed by atoms with E-state index in [1.165, 1.54) is 5.56 Å².